The van der Waals surface area contributed by atoms with Gasteiger partial charge in [-0.3, -0.25) is 0 Å². The van der Waals surface area contributed by atoms with Crippen LogP contribution in [0.4, 0.5) is 0 Å². The van der Waals surface area contributed by atoms with E-state index in [-0.39, 0.29) is 126 Å². The van der Waals surface area contributed by atoms with Crippen molar-refractivity contribution >= 4 is 62.7 Å². The summed E-state index contributed by atoms with van der Waals surface area (Å²) < 4.78 is 105. The SMILES string of the molecule is O.O=S(=O)([O-])c1cc(O)c2ccc3c(S(=O)(=O)[O-])cc(S(=O)(=O)[O-])c4ccc1c2c34.[Na+].[Na+].[Na+]. The molecule has 0 amide bonds. The maximum Gasteiger partial charge on any atom is 1.00 e. The maximum atomic E-state index is 11.7. The van der Waals surface area contributed by atoms with Gasteiger partial charge in [-0.15, -0.1) is 0 Å². The molecule has 0 aliphatic heterocycles. The van der Waals surface area contributed by atoms with Gasteiger partial charge in [0.25, 0.3) is 0 Å². The second-order valence-corrected chi connectivity index (χ2v) is 10.2. The second-order valence-electron chi connectivity index (χ2n) is 6.20. The first-order valence-corrected chi connectivity index (χ1v) is 11.8. The van der Waals surface area contributed by atoms with Gasteiger partial charge >= 0.3 is 88.7 Å². The molecule has 0 unspecified atom stereocenters. The summed E-state index contributed by atoms with van der Waals surface area (Å²) in [7, 11) is -15.6. The van der Waals surface area contributed by atoms with Gasteiger partial charge in [0.15, 0.2) is 0 Å². The minimum Gasteiger partial charge on any atom is -0.744 e. The van der Waals surface area contributed by atoms with E-state index in [1.165, 1.54) is 6.07 Å². The molecular formula is C16H9Na3O11S3. The van der Waals surface area contributed by atoms with E-state index in [0.717, 1.165) is 18.2 Å². The first-order chi connectivity index (χ1) is 13.2. The fraction of sp³-hybridized carbons (Fsp3) is 0. The van der Waals surface area contributed by atoms with E-state index in [1.54, 1.807) is 0 Å². The van der Waals surface area contributed by atoms with Crippen LogP contribution < -0.4 is 88.7 Å². The van der Waals surface area contributed by atoms with Crippen molar-refractivity contribution in [2.24, 2.45) is 0 Å². The molecule has 33 heavy (non-hydrogen) atoms. The van der Waals surface area contributed by atoms with Crippen LogP contribution in [-0.2, 0) is 30.4 Å². The van der Waals surface area contributed by atoms with Crippen LogP contribution in [0.25, 0.3) is 32.3 Å². The Morgan fingerprint density at radius 3 is 1.15 bits per heavy atom. The zero-order chi connectivity index (χ0) is 21.5. The van der Waals surface area contributed by atoms with E-state index in [2.05, 4.69) is 0 Å². The van der Waals surface area contributed by atoms with Gasteiger partial charge in [0.05, 0.1) is 14.7 Å². The Kier molecular flexibility index (Phi) is 10.9. The average molecular weight is 542 g/mol. The number of hydrogen-bond acceptors (Lipinski definition) is 10. The van der Waals surface area contributed by atoms with Crippen molar-refractivity contribution in [2.45, 2.75) is 14.7 Å². The minimum absolute atomic E-state index is 0. The fourth-order valence-corrected chi connectivity index (χ4v) is 5.67. The summed E-state index contributed by atoms with van der Waals surface area (Å²) in [6, 6.07) is 5.54. The summed E-state index contributed by atoms with van der Waals surface area (Å²) in [5.41, 5.74) is 0. The molecule has 4 aromatic rings. The molecule has 160 valence electrons. The number of benzene rings is 4. The number of phenols is 1. The Balaban J connectivity index is 0.00000256. The van der Waals surface area contributed by atoms with E-state index < -0.39 is 50.8 Å². The van der Waals surface area contributed by atoms with Crippen molar-refractivity contribution in [1.29, 1.82) is 0 Å². The van der Waals surface area contributed by atoms with E-state index in [4.69, 9.17) is 0 Å². The van der Waals surface area contributed by atoms with Gasteiger partial charge in [0.1, 0.15) is 36.1 Å². The Morgan fingerprint density at radius 2 is 0.818 bits per heavy atom. The third-order valence-electron chi connectivity index (χ3n) is 4.57. The van der Waals surface area contributed by atoms with E-state index in [1.807, 2.05) is 0 Å². The molecule has 17 heteroatoms. The molecule has 0 atom stereocenters. The molecule has 0 radical (unpaired) electrons. The Morgan fingerprint density at radius 1 is 0.545 bits per heavy atom. The molecule has 4 aromatic carbocycles. The van der Waals surface area contributed by atoms with Gasteiger partial charge in [-0.2, -0.15) is 0 Å². The summed E-state index contributed by atoms with van der Waals surface area (Å²) in [5, 5.41) is 8.89. The minimum atomic E-state index is -5.25. The second kappa shape index (κ2) is 10.8. The molecule has 3 N–H and O–H groups in total. The third kappa shape index (κ3) is 5.72. The smallest absolute Gasteiger partial charge is 0.744 e. The topological polar surface area (TPSA) is 223 Å². The molecule has 0 aliphatic carbocycles. The summed E-state index contributed by atoms with van der Waals surface area (Å²) in [5.74, 6) is -0.650. The predicted molar refractivity (Wildman–Crippen MR) is 99.3 cm³/mol. The van der Waals surface area contributed by atoms with Crippen LogP contribution in [0.1, 0.15) is 0 Å². The first-order valence-electron chi connectivity index (χ1n) is 7.56. The predicted octanol–water partition coefficient (Wildman–Crippen LogP) is -8.81. The standard InChI is InChI=1S/C16H10O10S3.3Na.H2O/c17-11-5-12(27(18,19)20)8-3-4-10-14(29(24,25)26)6-13(28(21,22)23)9-2-1-7(11)15(8)16(9)10;;;;/h1-6,17H,(H,18,19,20)(H,21,22,23)(H,24,25,26);;;;1H2/q;3*+1;/p-3. The van der Waals surface area contributed by atoms with Crippen molar-refractivity contribution in [2.75, 3.05) is 0 Å². The van der Waals surface area contributed by atoms with Crippen LogP contribution in [0.2, 0.25) is 0 Å². The number of rotatable bonds is 3. The quantitative estimate of drug-likeness (QED) is 0.146. The number of aromatic hydroxyl groups is 1. The van der Waals surface area contributed by atoms with E-state index in [9.17, 15) is 44.0 Å². The van der Waals surface area contributed by atoms with Gasteiger partial charge in [0, 0.05) is 32.3 Å². The van der Waals surface area contributed by atoms with Gasteiger partial charge in [-0.05, 0) is 18.2 Å². The first kappa shape index (κ1) is 33.4. The van der Waals surface area contributed by atoms with Gasteiger partial charge < -0.3 is 24.2 Å². The molecule has 0 bridgehead atoms. The van der Waals surface area contributed by atoms with Crippen LogP contribution in [0, 0.1) is 0 Å². The zero-order valence-corrected chi connectivity index (χ0v) is 25.8. The Labute approximate surface area is 254 Å². The van der Waals surface area contributed by atoms with E-state index in [0.29, 0.717) is 12.1 Å². The Hall–Kier alpha value is 0.410. The van der Waals surface area contributed by atoms with Gasteiger partial charge in [-0.1, -0.05) is 18.2 Å². The number of hydrogen-bond donors (Lipinski definition) is 1. The molecule has 0 spiro atoms. The molecule has 0 saturated heterocycles. The van der Waals surface area contributed by atoms with Gasteiger partial charge in [0.2, 0.25) is 0 Å². The van der Waals surface area contributed by atoms with Crippen molar-refractivity contribution in [3.63, 3.8) is 0 Å². The largest absolute Gasteiger partial charge is 1.00 e. The summed E-state index contributed by atoms with van der Waals surface area (Å²) in [4.78, 5) is -2.86. The van der Waals surface area contributed by atoms with Crippen LogP contribution in [0.15, 0.2) is 51.1 Å². The average Bonchev–Trinajstić information content (AvgIpc) is 2.57. The van der Waals surface area contributed by atoms with Crippen LogP contribution in [0.5, 0.6) is 5.75 Å². The molecule has 0 heterocycles. The van der Waals surface area contributed by atoms with Crippen molar-refractivity contribution in [1.82, 2.24) is 0 Å². The van der Waals surface area contributed by atoms with Crippen molar-refractivity contribution < 1.29 is 138 Å². The van der Waals surface area contributed by atoms with Crippen LogP contribution >= 0.6 is 0 Å². The number of phenolic OH excluding ortho intramolecular Hbond substituents is 1. The normalized spacial score (nSPS) is 12.0. The maximum absolute atomic E-state index is 11.7. The molecule has 11 nitrogen and oxygen atoms in total. The molecule has 0 fully saturated rings. The van der Waals surface area contributed by atoms with Gasteiger partial charge in [-0.25, -0.2) is 25.3 Å². The molecule has 0 saturated carbocycles. The van der Waals surface area contributed by atoms with Crippen LogP contribution in [-0.4, -0.2) is 49.5 Å². The molecule has 0 aliphatic rings. The molecular weight excluding hydrogens is 533 g/mol. The van der Waals surface area contributed by atoms with E-state index >= 15 is 0 Å². The van der Waals surface area contributed by atoms with Crippen molar-refractivity contribution in [3.05, 3.63) is 36.4 Å². The fourth-order valence-electron chi connectivity index (χ4n) is 3.50. The summed E-state index contributed by atoms with van der Waals surface area (Å²) in [6.07, 6.45) is 0. The van der Waals surface area contributed by atoms with Crippen molar-refractivity contribution in [3.8, 4) is 5.75 Å². The monoisotopic (exact) mass is 542 g/mol. The molecule has 4 rings (SSSR count). The summed E-state index contributed by atoms with van der Waals surface area (Å²) in [6.45, 7) is 0. The molecule has 0 aromatic heterocycles. The summed E-state index contributed by atoms with van der Waals surface area (Å²) >= 11 is 0. The zero-order valence-electron chi connectivity index (χ0n) is 17.3. The van der Waals surface area contributed by atoms with Crippen LogP contribution in [0.3, 0.4) is 0 Å². The third-order valence-corrected chi connectivity index (χ3v) is 7.20. The Bertz CT molecular complexity index is 1630.